The van der Waals surface area contributed by atoms with Gasteiger partial charge in [-0.1, -0.05) is 71.9 Å². The van der Waals surface area contributed by atoms with Gasteiger partial charge in [-0.15, -0.1) is 0 Å². The van der Waals surface area contributed by atoms with Crippen LogP contribution in [-0.4, -0.2) is 43.8 Å². The quantitative estimate of drug-likeness (QED) is 0.291. The Bertz CT molecular complexity index is 1510. The fourth-order valence-electron chi connectivity index (χ4n) is 4.96. The van der Waals surface area contributed by atoms with E-state index in [1.165, 1.54) is 17.0 Å². The van der Waals surface area contributed by atoms with Crippen LogP contribution in [0.2, 0.25) is 10.0 Å². The van der Waals surface area contributed by atoms with Gasteiger partial charge in [-0.05, 0) is 81.1 Å². The van der Waals surface area contributed by atoms with Gasteiger partial charge in [-0.25, -0.2) is 8.42 Å². The van der Waals surface area contributed by atoms with Crippen molar-refractivity contribution < 1.29 is 18.0 Å². The van der Waals surface area contributed by atoms with E-state index in [9.17, 15) is 18.0 Å². The first-order valence-corrected chi connectivity index (χ1v) is 15.8. The van der Waals surface area contributed by atoms with Crippen LogP contribution in [-0.2, 0) is 26.2 Å². The first-order chi connectivity index (χ1) is 19.5. The molecule has 1 fully saturated rings. The molecule has 218 valence electrons. The van der Waals surface area contributed by atoms with Gasteiger partial charge < -0.3 is 10.2 Å². The third-order valence-electron chi connectivity index (χ3n) is 7.40. The minimum atomic E-state index is -4.13. The zero-order valence-corrected chi connectivity index (χ0v) is 25.8. The van der Waals surface area contributed by atoms with Gasteiger partial charge in [0.2, 0.25) is 11.8 Å². The van der Waals surface area contributed by atoms with E-state index < -0.39 is 28.5 Å². The van der Waals surface area contributed by atoms with Crippen LogP contribution < -0.4 is 9.62 Å². The van der Waals surface area contributed by atoms with E-state index in [1.54, 1.807) is 55.5 Å². The second kappa shape index (κ2) is 13.3. The van der Waals surface area contributed by atoms with E-state index in [4.69, 9.17) is 23.2 Å². The number of hydrogen-bond donors (Lipinski definition) is 1. The summed E-state index contributed by atoms with van der Waals surface area (Å²) in [6.07, 6.45) is 3.88. The van der Waals surface area contributed by atoms with Crippen LogP contribution in [0.1, 0.15) is 49.3 Å². The number of benzene rings is 3. The molecule has 0 spiro atoms. The first kappa shape index (κ1) is 30.9. The normalized spacial score (nSPS) is 14.5. The summed E-state index contributed by atoms with van der Waals surface area (Å²) in [5.41, 5.74) is 2.70. The molecule has 3 aromatic rings. The second-order valence-corrected chi connectivity index (χ2v) is 13.3. The number of carbonyl (C=O) groups excluding carboxylic acids is 2. The number of amides is 2. The Morgan fingerprint density at radius 3 is 2.27 bits per heavy atom. The molecule has 1 aliphatic carbocycles. The lowest BCUT2D eigenvalue weighted by atomic mass is 10.1. The summed E-state index contributed by atoms with van der Waals surface area (Å²) >= 11 is 12.5. The Morgan fingerprint density at radius 1 is 0.951 bits per heavy atom. The van der Waals surface area contributed by atoms with E-state index in [0.717, 1.165) is 41.1 Å². The molecule has 41 heavy (non-hydrogen) atoms. The summed E-state index contributed by atoms with van der Waals surface area (Å²) in [6.45, 7) is 4.87. The summed E-state index contributed by atoms with van der Waals surface area (Å²) in [7, 11) is -4.13. The average molecular weight is 617 g/mol. The molecule has 3 aromatic carbocycles. The minimum Gasteiger partial charge on any atom is -0.352 e. The van der Waals surface area contributed by atoms with Crippen molar-refractivity contribution in [1.82, 2.24) is 10.2 Å². The van der Waals surface area contributed by atoms with Crippen molar-refractivity contribution in [3.63, 3.8) is 0 Å². The van der Waals surface area contributed by atoms with Crippen molar-refractivity contribution in [2.24, 2.45) is 0 Å². The van der Waals surface area contributed by atoms with Gasteiger partial charge in [0.15, 0.2) is 0 Å². The molecule has 1 N–H and O–H groups in total. The number of nitrogens with zero attached hydrogens (tertiary/aromatic N) is 2. The summed E-state index contributed by atoms with van der Waals surface area (Å²) in [4.78, 5) is 28.9. The van der Waals surface area contributed by atoms with Gasteiger partial charge in [-0.3, -0.25) is 13.9 Å². The SMILES string of the molecule is Cc1ccc(S(=O)(=O)N(CC(=O)N(Cc2ccc(Cl)cc2Cl)[C@H](C)C(=O)NC2CCCC2)c2cccc(C)c2)cc1. The van der Waals surface area contributed by atoms with E-state index in [0.29, 0.717) is 21.3 Å². The lowest BCUT2D eigenvalue weighted by molar-refractivity contribution is -0.139. The summed E-state index contributed by atoms with van der Waals surface area (Å²) < 4.78 is 29.0. The highest BCUT2D eigenvalue weighted by atomic mass is 35.5. The Kier molecular flexibility index (Phi) is 10.00. The van der Waals surface area contributed by atoms with Crippen LogP contribution in [0.25, 0.3) is 0 Å². The van der Waals surface area contributed by atoms with Crippen molar-refractivity contribution in [2.45, 2.75) is 70.0 Å². The smallest absolute Gasteiger partial charge is 0.264 e. The monoisotopic (exact) mass is 615 g/mol. The molecule has 0 bridgehead atoms. The maximum atomic E-state index is 14.1. The molecule has 0 aromatic heterocycles. The molecular formula is C31H35Cl2N3O4S. The topological polar surface area (TPSA) is 86.8 Å². The average Bonchev–Trinajstić information content (AvgIpc) is 3.44. The molecule has 0 heterocycles. The Balaban J connectivity index is 1.70. The molecule has 4 rings (SSSR count). The highest BCUT2D eigenvalue weighted by molar-refractivity contribution is 7.92. The van der Waals surface area contributed by atoms with Crippen LogP contribution in [0.4, 0.5) is 5.69 Å². The molecule has 1 aliphatic rings. The molecule has 10 heteroatoms. The Morgan fingerprint density at radius 2 is 1.63 bits per heavy atom. The third-order valence-corrected chi connectivity index (χ3v) is 9.78. The molecule has 7 nitrogen and oxygen atoms in total. The lowest BCUT2D eigenvalue weighted by Gasteiger charge is -2.32. The molecule has 2 amide bonds. The largest absolute Gasteiger partial charge is 0.352 e. The first-order valence-electron chi connectivity index (χ1n) is 13.7. The van der Waals surface area contributed by atoms with E-state index in [2.05, 4.69) is 5.32 Å². The molecule has 0 aliphatic heterocycles. The molecule has 0 saturated heterocycles. The van der Waals surface area contributed by atoms with Crippen molar-refractivity contribution >= 4 is 50.7 Å². The summed E-state index contributed by atoms with van der Waals surface area (Å²) in [6, 6.07) is 17.6. The fraction of sp³-hybridized carbons (Fsp3) is 0.355. The summed E-state index contributed by atoms with van der Waals surface area (Å²) in [5.74, 6) is -0.832. The van der Waals surface area contributed by atoms with Crippen molar-refractivity contribution in [2.75, 3.05) is 10.8 Å². The van der Waals surface area contributed by atoms with Crippen molar-refractivity contribution in [3.05, 3.63) is 93.5 Å². The summed E-state index contributed by atoms with van der Waals surface area (Å²) in [5, 5.41) is 3.85. The number of rotatable bonds is 10. The van der Waals surface area contributed by atoms with Gasteiger partial charge in [0, 0.05) is 22.6 Å². The number of halogens is 2. The zero-order chi connectivity index (χ0) is 29.7. The molecule has 1 atom stereocenters. The Hall–Kier alpha value is -3.07. The molecule has 0 unspecified atom stereocenters. The number of aryl methyl sites for hydroxylation is 2. The number of hydrogen-bond acceptors (Lipinski definition) is 4. The second-order valence-electron chi connectivity index (χ2n) is 10.6. The van der Waals surface area contributed by atoms with Crippen LogP contribution in [0.3, 0.4) is 0 Å². The maximum Gasteiger partial charge on any atom is 0.264 e. The van der Waals surface area contributed by atoms with Crippen LogP contribution in [0.5, 0.6) is 0 Å². The fourth-order valence-corrected chi connectivity index (χ4v) is 6.83. The number of nitrogens with one attached hydrogen (secondary N) is 1. The van der Waals surface area contributed by atoms with Gasteiger partial charge in [0.25, 0.3) is 10.0 Å². The molecular weight excluding hydrogens is 581 g/mol. The van der Waals surface area contributed by atoms with Crippen molar-refractivity contribution in [1.29, 1.82) is 0 Å². The lowest BCUT2D eigenvalue weighted by Crippen LogP contribution is -2.52. The van der Waals surface area contributed by atoms with Crippen LogP contribution in [0, 0.1) is 13.8 Å². The highest BCUT2D eigenvalue weighted by Crippen LogP contribution is 2.27. The number of sulfonamides is 1. The predicted molar refractivity (Wildman–Crippen MR) is 164 cm³/mol. The van der Waals surface area contributed by atoms with E-state index >= 15 is 0 Å². The van der Waals surface area contributed by atoms with Gasteiger partial charge in [0.1, 0.15) is 12.6 Å². The third kappa shape index (κ3) is 7.61. The zero-order valence-electron chi connectivity index (χ0n) is 23.4. The van der Waals surface area contributed by atoms with E-state index in [1.807, 2.05) is 19.9 Å². The number of carbonyl (C=O) groups is 2. The predicted octanol–water partition coefficient (Wildman–Crippen LogP) is 6.28. The number of anilines is 1. The minimum absolute atomic E-state index is 0.000323. The maximum absolute atomic E-state index is 14.1. The van der Waals surface area contributed by atoms with E-state index in [-0.39, 0.29) is 23.4 Å². The Labute approximate surface area is 252 Å². The standard InChI is InChI=1S/C31H35Cl2N3O4S/c1-21-11-15-28(16-12-21)41(39,40)36(27-10-6-7-22(2)17-27)20-30(37)35(19-24-13-14-25(32)18-29(24)33)23(3)31(38)34-26-8-4-5-9-26/h6-7,10-18,23,26H,4-5,8-9,19-20H2,1-3H3,(H,34,38)/t23-/m1/s1. The van der Waals surface area contributed by atoms with Gasteiger partial charge >= 0.3 is 0 Å². The molecule has 0 radical (unpaired) electrons. The van der Waals surface area contributed by atoms with Crippen molar-refractivity contribution in [3.8, 4) is 0 Å². The molecule has 1 saturated carbocycles. The van der Waals surface area contributed by atoms with Gasteiger partial charge in [-0.2, -0.15) is 0 Å². The highest BCUT2D eigenvalue weighted by Gasteiger charge is 2.33. The van der Waals surface area contributed by atoms with Gasteiger partial charge in [0.05, 0.1) is 10.6 Å². The van der Waals surface area contributed by atoms with Crippen LogP contribution in [0.15, 0.2) is 71.6 Å². The van der Waals surface area contributed by atoms with Crippen LogP contribution >= 0.6 is 23.2 Å².